The van der Waals surface area contributed by atoms with Crippen LogP contribution in [-0.4, -0.2) is 31.2 Å². The fourth-order valence-electron chi connectivity index (χ4n) is 3.44. The number of carbonyl (C=O) groups excluding carboxylic acids is 1. The van der Waals surface area contributed by atoms with E-state index < -0.39 is 16.1 Å². The van der Waals surface area contributed by atoms with Crippen LogP contribution in [0.2, 0.25) is 0 Å². The predicted molar refractivity (Wildman–Crippen MR) is 108 cm³/mol. The van der Waals surface area contributed by atoms with Crippen molar-refractivity contribution in [3.63, 3.8) is 0 Å². The summed E-state index contributed by atoms with van der Waals surface area (Å²) in [7, 11) is -3.83. The van der Waals surface area contributed by atoms with Crippen LogP contribution in [0.15, 0.2) is 58.6 Å². The molecular weight excluding hydrogens is 376 g/mol. The third-order valence-corrected chi connectivity index (χ3v) is 6.82. The quantitative estimate of drug-likeness (QED) is 0.803. The largest absolute Gasteiger partial charge is 0.467 e. The lowest BCUT2D eigenvalue weighted by Crippen LogP contribution is -2.50. The first-order valence-corrected chi connectivity index (χ1v) is 10.8. The number of fused-ring (bicyclic) bond motifs is 1. The van der Waals surface area contributed by atoms with Gasteiger partial charge in [0.05, 0.1) is 17.7 Å². The molecule has 1 aromatic carbocycles. The summed E-state index contributed by atoms with van der Waals surface area (Å²) in [6.45, 7) is 8.44. The summed E-state index contributed by atoms with van der Waals surface area (Å²) in [5.41, 5.74) is 1.39. The van der Waals surface area contributed by atoms with Crippen LogP contribution in [0.5, 0.6) is 0 Å². The Labute approximate surface area is 166 Å². The van der Waals surface area contributed by atoms with Gasteiger partial charge in [-0.05, 0) is 48.1 Å². The summed E-state index contributed by atoms with van der Waals surface area (Å²) < 4.78 is 33.4. The fourth-order valence-corrected chi connectivity index (χ4v) is 5.28. The molecular formula is C21H26N2O4S. The van der Waals surface area contributed by atoms with E-state index in [0.29, 0.717) is 24.2 Å². The van der Waals surface area contributed by atoms with Gasteiger partial charge in [0.2, 0.25) is 15.9 Å². The lowest BCUT2D eigenvalue weighted by atomic mass is 10.0. The Balaban J connectivity index is 1.93. The van der Waals surface area contributed by atoms with Gasteiger partial charge in [0, 0.05) is 6.54 Å². The lowest BCUT2D eigenvalue weighted by Gasteiger charge is -2.30. The smallest absolute Gasteiger partial charge is 0.244 e. The number of benzene rings is 1. The van der Waals surface area contributed by atoms with E-state index in [9.17, 15) is 13.2 Å². The van der Waals surface area contributed by atoms with Crippen LogP contribution in [-0.2, 0) is 21.4 Å². The Kier molecular flexibility index (Phi) is 6.05. The number of rotatable bonds is 6. The van der Waals surface area contributed by atoms with Crippen molar-refractivity contribution in [2.75, 3.05) is 6.54 Å². The molecule has 7 heteroatoms. The number of sulfonamides is 1. The van der Waals surface area contributed by atoms with Crippen molar-refractivity contribution in [1.29, 1.82) is 0 Å². The van der Waals surface area contributed by atoms with E-state index in [0.717, 1.165) is 5.57 Å². The number of hydrogen-bond acceptors (Lipinski definition) is 4. The highest BCUT2D eigenvalue weighted by Gasteiger charge is 2.39. The Morgan fingerprint density at radius 1 is 1.25 bits per heavy atom. The number of furan rings is 1. The van der Waals surface area contributed by atoms with Gasteiger partial charge in [0.25, 0.3) is 0 Å². The van der Waals surface area contributed by atoms with E-state index >= 15 is 0 Å². The molecule has 0 fully saturated rings. The van der Waals surface area contributed by atoms with E-state index in [1.54, 1.807) is 36.4 Å². The second kappa shape index (κ2) is 8.32. The minimum Gasteiger partial charge on any atom is -0.467 e. The van der Waals surface area contributed by atoms with E-state index in [2.05, 4.69) is 11.9 Å². The van der Waals surface area contributed by atoms with Gasteiger partial charge in [0.1, 0.15) is 11.8 Å². The van der Waals surface area contributed by atoms with E-state index in [4.69, 9.17) is 4.42 Å². The molecule has 1 N–H and O–H groups in total. The fraction of sp³-hybridized carbons (Fsp3) is 0.381. The van der Waals surface area contributed by atoms with Crippen LogP contribution in [0.3, 0.4) is 0 Å². The molecule has 0 radical (unpaired) electrons. The van der Waals surface area contributed by atoms with Crippen molar-refractivity contribution in [2.45, 2.75) is 44.2 Å². The van der Waals surface area contributed by atoms with Gasteiger partial charge in [-0.15, -0.1) is 0 Å². The molecule has 6 nitrogen and oxygen atoms in total. The molecule has 1 amide bonds. The summed E-state index contributed by atoms with van der Waals surface area (Å²) in [5.74, 6) is 0.448. The van der Waals surface area contributed by atoms with E-state index in [-0.39, 0.29) is 29.8 Å². The highest BCUT2D eigenvalue weighted by atomic mass is 32.2. The van der Waals surface area contributed by atoms with Crippen LogP contribution in [0.1, 0.15) is 38.0 Å². The molecule has 0 saturated carbocycles. The second-order valence-corrected chi connectivity index (χ2v) is 9.27. The first-order chi connectivity index (χ1) is 13.3. The summed E-state index contributed by atoms with van der Waals surface area (Å²) >= 11 is 0. The first-order valence-electron chi connectivity index (χ1n) is 9.40. The second-order valence-electron chi connectivity index (χ2n) is 7.41. The van der Waals surface area contributed by atoms with Crippen LogP contribution in [0.4, 0.5) is 0 Å². The third-order valence-electron chi connectivity index (χ3n) is 4.85. The Bertz CT molecular complexity index is 949. The summed E-state index contributed by atoms with van der Waals surface area (Å²) in [5, 5.41) is 2.82. The third kappa shape index (κ3) is 4.20. The molecule has 2 aromatic rings. The van der Waals surface area contributed by atoms with Crippen molar-refractivity contribution < 1.29 is 17.6 Å². The number of nitrogens with zero attached hydrogens (tertiary/aromatic N) is 1. The number of amides is 1. The van der Waals surface area contributed by atoms with Crippen LogP contribution in [0, 0.1) is 5.92 Å². The molecule has 1 aliphatic heterocycles. The van der Waals surface area contributed by atoms with Gasteiger partial charge in [0.15, 0.2) is 0 Å². The topological polar surface area (TPSA) is 79.6 Å². The van der Waals surface area contributed by atoms with Crippen molar-refractivity contribution >= 4 is 21.5 Å². The van der Waals surface area contributed by atoms with Crippen LogP contribution in [0.25, 0.3) is 5.57 Å². The molecule has 28 heavy (non-hydrogen) atoms. The van der Waals surface area contributed by atoms with Gasteiger partial charge in [-0.25, -0.2) is 8.42 Å². The predicted octanol–water partition coefficient (Wildman–Crippen LogP) is 3.42. The molecule has 0 saturated heterocycles. The van der Waals surface area contributed by atoms with Gasteiger partial charge < -0.3 is 9.73 Å². The summed E-state index contributed by atoms with van der Waals surface area (Å²) in [4.78, 5) is 13.2. The van der Waals surface area contributed by atoms with Crippen molar-refractivity contribution in [2.24, 2.45) is 5.92 Å². The molecule has 0 spiro atoms. The van der Waals surface area contributed by atoms with Crippen molar-refractivity contribution in [1.82, 2.24) is 9.62 Å². The summed E-state index contributed by atoms with van der Waals surface area (Å²) in [6.07, 6.45) is 2.45. The first kappa shape index (κ1) is 20.4. The monoisotopic (exact) mass is 402 g/mol. The minimum absolute atomic E-state index is 0.149. The Morgan fingerprint density at radius 2 is 2.00 bits per heavy atom. The maximum atomic E-state index is 13.4. The molecule has 1 atom stereocenters. The van der Waals surface area contributed by atoms with Crippen LogP contribution >= 0.6 is 0 Å². The average molecular weight is 403 g/mol. The number of hydrogen-bond donors (Lipinski definition) is 1. The normalized spacial score (nSPS) is 17.8. The van der Waals surface area contributed by atoms with Crippen molar-refractivity contribution in [3.05, 3.63) is 60.6 Å². The number of carbonyl (C=O) groups is 1. The minimum atomic E-state index is -3.83. The van der Waals surface area contributed by atoms with Gasteiger partial charge in [-0.3, -0.25) is 4.79 Å². The van der Waals surface area contributed by atoms with Crippen molar-refractivity contribution in [3.8, 4) is 0 Å². The maximum Gasteiger partial charge on any atom is 0.244 e. The SMILES string of the molecule is C=C1CCN([C@@H](CC(C)C)C(=O)NCc2ccco2)S(=O)(=O)c2ccccc21. The Hall–Kier alpha value is -2.38. The molecule has 150 valence electrons. The maximum absolute atomic E-state index is 13.4. The molecule has 2 heterocycles. The molecule has 1 aromatic heterocycles. The molecule has 0 bridgehead atoms. The standard InChI is InChI=1S/C21H26N2O4S/c1-15(2)13-19(21(24)22-14-17-7-6-12-27-17)23-11-10-16(3)18-8-4-5-9-20(18)28(23,25)26/h4-9,12,15,19H,3,10-11,13-14H2,1-2H3,(H,22,24)/t19-/m0/s1. The van der Waals surface area contributed by atoms with Gasteiger partial charge in [-0.2, -0.15) is 4.31 Å². The zero-order chi connectivity index (χ0) is 20.3. The highest BCUT2D eigenvalue weighted by Crippen LogP contribution is 2.33. The zero-order valence-electron chi connectivity index (χ0n) is 16.2. The number of nitrogens with one attached hydrogen (secondary N) is 1. The van der Waals surface area contributed by atoms with E-state index in [1.807, 2.05) is 13.8 Å². The summed E-state index contributed by atoms with van der Waals surface area (Å²) in [6, 6.07) is 9.57. The van der Waals surface area contributed by atoms with Crippen LogP contribution < -0.4 is 5.32 Å². The average Bonchev–Trinajstić information content (AvgIpc) is 3.15. The molecule has 1 aliphatic rings. The Morgan fingerprint density at radius 3 is 2.68 bits per heavy atom. The van der Waals surface area contributed by atoms with Gasteiger partial charge in [-0.1, -0.05) is 38.6 Å². The highest BCUT2D eigenvalue weighted by molar-refractivity contribution is 7.89. The lowest BCUT2D eigenvalue weighted by molar-refractivity contribution is -0.125. The molecule has 0 unspecified atom stereocenters. The molecule has 3 rings (SSSR count). The zero-order valence-corrected chi connectivity index (χ0v) is 17.0. The van der Waals surface area contributed by atoms with E-state index in [1.165, 1.54) is 10.6 Å². The van der Waals surface area contributed by atoms with Gasteiger partial charge >= 0.3 is 0 Å². The molecule has 0 aliphatic carbocycles.